The number of carboxylic acid groups (broad SMARTS) is 1. The molecule has 0 bridgehead atoms. The fourth-order valence-corrected chi connectivity index (χ4v) is 4.81. The van der Waals surface area contributed by atoms with Gasteiger partial charge in [-0.05, 0) is 57.0 Å². The van der Waals surface area contributed by atoms with Crippen LogP contribution in [0.2, 0.25) is 0 Å². The summed E-state index contributed by atoms with van der Waals surface area (Å²) in [6.07, 6.45) is 5.58. The van der Waals surface area contributed by atoms with E-state index in [4.69, 9.17) is 14.6 Å². The van der Waals surface area contributed by atoms with Gasteiger partial charge in [-0.1, -0.05) is 18.2 Å². The first-order chi connectivity index (χ1) is 15.4. The van der Waals surface area contributed by atoms with Crippen LogP contribution < -0.4 is 5.32 Å². The Hall–Kier alpha value is -2.87. The molecule has 2 aromatic rings. The standard InChI is InChI=1S/C23H31N3O3.CH2O2/c1-16-13-26(14-17(2)29-16)23(28)19-7-9-20(10-8-19)24-22(27)15-25-12-11-18-5-3-4-6-21(18)25;2-1-3/h3-6,11-12,16-17,19-20H,7-10,13-15H2,1-2H3,(H,24,27);1H,(H,2,3)/t16-,17+,19?,20?;. The Morgan fingerprint density at radius 3 is 2.38 bits per heavy atom. The number of nitrogens with zero attached hydrogens (tertiary/aromatic N) is 2. The molecule has 0 spiro atoms. The van der Waals surface area contributed by atoms with E-state index >= 15 is 0 Å². The second kappa shape index (κ2) is 11.1. The van der Waals surface area contributed by atoms with Gasteiger partial charge in [0.05, 0.1) is 12.2 Å². The summed E-state index contributed by atoms with van der Waals surface area (Å²) in [5, 5.41) is 11.2. The van der Waals surface area contributed by atoms with Crippen LogP contribution in [0.3, 0.4) is 0 Å². The lowest BCUT2D eigenvalue weighted by Crippen LogP contribution is -2.51. The second-order valence-corrected chi connectivity index (χ2v) is 8.72. The third-order valence-corrected chi connectivity index (χ3v) is 6.17. The SMILES string of the molecule is C[C@@H]1CN(C(=O)C2CCC(NC(=O)Cn3ccc4ccccc43)CC2)C[C@H](C)O1.O=CO. The first-order valence-electron chi connectivity index (χ1n) is 11.3. The van der Waals surface area contributed by atoms with Gasteiger partial charge in [0.2, 0.25) is 11.8 Å². The van der Waals surface area contributed by atoms with Gasteiger partial charge in [-0.2, -0.15) is 0 Å². The molecule has 2 amide bonds. The maximum atomic E-state index is 12.9. The third-order valence-electron chi connectivity index (χ3n) is 6.17. The molecule has 1 saturated heterocycles. The van der Waals surface area contributed by atoms with Crippen molar-refractivity contribution in [3.05, 3.63) is 36.5 Å². The van der Waals surface area contributed by atoms with Crippen molar-refractivity contribution in [3.63, 3.8) is 0 Å². The molecule has 4 rings (SSSR count). The Balaban J connectivity index is 0.000000913. The molecule has 1 aromatic carbocycles. The summed E-state index contributed by atoms with van der Waals surface area (Å²) in [6, 6.07) is 10.3. The zero-order valence-corrected chi connectivity index (χ0v) is 18.8. The number of rotatable bonds is 4. The van der Waals surface area contributed by atoms with Crippen molar-refractivity contribution >= 4 is 29.2 Å². The second-order valence-electron chi connectivity index (χ2n) is 8.72. The van der Waals surface area contributed by atoms with E-state index in [0.29, 0.717) is 19.6 Å². The summed E-state index contributed by atoms with van der Waals surface area (Å²) in [4.78, 5) is 35.8. The van der Waals surface area contributed by atoms with Crippen molar-refractivity contribution in [2.24, 2.45) is 5.92 Å². The van der Waals surface area contributed by atoms with Gasteiger partial charge in [-0.3, -0.25) is 14.4 Å². The quantitative estimate of drug-likeness (QED) is 0.708. The molecule has 2 atom stereocenters. The van der Waals surface area contributed by atoms with Gasteiger partial charge < -0.3 is 24.6 Å². The Bertz CT molecular complexity index is 909. The zero-order chi connectivity index (χ0) is 23.1. The van der Waals surface area contributed by atoms with Crippen molar-refractivity contribution in [1.82, 2.24) is 14.8 Å². The van der Waals surface area contributed by atoms with Crippen molar-refractivity contribution in [2.75, 3.05) is 13.1 Å². The molecule has 32 heavy (non-hydrogen) atoms. The van der Waals surface area contributed by atoms with Gasteiger partial charge in [0.1, 0.15) is 6.54 Å². The van der Waals surface area contributed by atoms with E-state index in [0.717, 1.165) is 36.6 Å². The van der Waals surface area contributed by atoms with E-state index in [1.807, 2.05) is 53.8 Å². The highest BCUT2D eigenvalue weighted by Gasteiger charge is 2.33. The molecule has 0 unspecified atom stereocenters. The number of morpholine rings is 1. The number of hydrogen-bond acceptors (Lipinski definition) is 4. The number of benzene rings is 1. The predicted molar refractivity (Wildman–Crippen MR) is 121 cm³/mol. The van der Waals surface area contributed by atoms with Crippen LogP contribution in [0.1, 0.15) is 39.5 Å². The number of amides is 2. The van der Waals surface area contributed by atoms with Crippen LogP contribution in [-0.4, -0.2) is 64.2 Å². The molecule has 2 heterocycles. The molecule has 1 saturated carbocycles. The van der Waals surface area contributed by atoms with Gasteiger partial charge in [0.25, 0.3) is 6.47 Å². The largest absolute Gasteiger partial charge is 0.483 e. The highest BCUT2D eigenvalue weighted by Crippen LogP contribution is 2.27. The molecule has 1 aliphatic carbocycles. The van der Waals surface area contributed by atoms with Crippen molar-refractivity contribution in [1.29, 1.82) is 0 Å². The molecule has 0 radical (unpaired) electrons. The summed E-state index contributed by atoms with van der Waals surface area (Å²) in [7, 11) is 0. The molecule has 2 aliphatic rings. The molecular weight excluding hydrogens is 410 g/mol. The summed E-state index contributed by atoms with van der Waals surface area (Å²) in [6.45, 7) is 5.50. The maximum Gasteiger partial charge on any atom is 0.290 e. The molecular formula is C24H33N3O5. The fourth-order valence-electron chi connectivity index (χ4n) is 4.81. The minimum atomic E-state index is -0.250. The Morgan fingerprint density at radius 2 is 1.72 bits per heavy atom. The number of hydrogen-bond donors (Lipinski definition) is 2. The Labute approximate surface area is 188 Å². The minimum Gasteiger partial charge on any atom is -0.483 e. The van der Waals surface area contributed by atoms with Gasteiger partial charge in [0, 0.05) is 36.8 Å². The number of para-hydroxylation sites is 1. The first-order valence-corrected chi connectivity index (χ1v) is 11.3. The van der Waals surface area contributed by atoms with Gasteiger partial charge >= 0.3 is 0 Å². The fraction of sp³-hybridized carbons (Fsp3) is 0.542. The maximum absolute atomic E-state index is 12.9. The molecule has 8 nitrogen and oxygen atoms in total. The van der Waals surface area contributed by atoms with E-state index in [2.05, 4.69) is 11.4 Å². The van der Waals surface area contributed by atoms with Gasteiger partial charge in [-0.25, -0.2) is 0 Å². The third kappa shape index (κ3) is 6.09. The Kier molecular flexibility index (Phi) is 8.27. The highest BCUT2D eigenvalue weighted by atomic mass is 16.5. The monoisotopic (exact) mass is 443 g/mol. The van der Waals surface area contributed by atoms with E-state index in [-0.39, 0.29) is 42.5 Å². The van der Waals surface area contributed by atoms with Gasteiger partial charge in [0.15, 0.2) is 0 Å². The lowest BCUT2D eigenvalue weighted by molar-refractivity contribution is -0.148. The molecule has 2 N–H and O–H groups in total. The molecule has 1 aromatic heterocycles. The van der Waals surface area contributed by atoms with E-state index in [1.165, 1.54) is 0 Å². The number of fused-ring (bicyclic) bond motifs is 1. The minimum absolute atomic E-state index is 0.0389. The van der Waals surface area contributed by atoms with Crippen LogP contribution in [0, 0.1) is 5.92 Å². The summed E-state index contributed by atoms with van der Waals surface area (Å²) in [5.74, 6) is 0.376. The van der Waals surface area contributed by atoms with Crippen LogP contribution in [-0.2, 0) is 25.7 Å². The zero-order valence-electron chi connectivity index (χ0n) is 18.8. The Morgan fingerprint density at radius 1 is 1.09 bits per heavy atom. The number of carbonyl (C=O) groups is 3. The molecule has 2 fully saturated rings. The summed E-state index contributed by atoms with van der Waals surface area (Å²) < 4.78 is 7.73. The van der Waals surface area contributed by atoms with E-state index in [1.54, 1.807) is 0 Å². The predicted octanol–water partition coefficient (Wildman–Crippen LogP) is 2.65. The molecule has 8 heteroatoms. The van der Waals surface area contributed by atoms with Crippen LogP contribution in [0.25, 0.3) is 10.9 Å². The van der Waals surface area contributed by atoms with Gasteiger partial charge in [-0.15, -0.1) is 0 Å². The average molecular weight is 444 g/mol. The van der Waals surface area contributed by atoms with Crippen LogP contribution in [0.5, 0.6) is 0 Å². The summed E-state index contributed by atoms with van der Waals surface area (Å²) in [5.41, 5.74) is 1.07. The van der Waals surface area contributed by atoms with Crippen LogP contribution in [0.4, 0.5) is 0 Å². The van der Waals surface area contributed by atoms with Crippen molar-refractivity contribution in [2.45, 2.75) is 64.3 Å². The van der Waals surface area contributed by atoms with Crippen LogP contribution in [0.15, 0.2) is 36.5 Å². The van der Waals surface area contributed by atoms with Crippen molar-refractivity contribution in [3.8, 4) is 0 Å². The number of aromatic nitrogens is 1. The topological polar surface area (TPSA) is 101 Å². The lowest BCUT2D eigenvalue weighted by Gasteiger charge is -2.38. The average Bonchev–Trinajstić information content (AvgIpc) is 3.16. The normalized spacial score (nSPS) is 25.5. The number of ether oxygens (including phenoxy) is 1. The first kappa shape index (κ1) is 23.8. The van der Waals surface area contributed by atoms with Crippen molar-refractivity contribution < 1.29 is 24.2 Å². The number of nitrogens with one attached hydrogen (secondary N) is 1. The molecule has 1 aliphatic heterocycles. The number of carbonyl (C=O) groups excluding carboxylic acids is 2. The van der Waals surface area contributed by atoms with Crippen LogP contribution >= 0.6 is 0 Å². The molecule has 174 valence electrons. The summed E-state index contributed by atoms with van der Waals surface area (Å²) >= 11 is 0. The van der Waals surface area contributed by atoms with E-state index in [9.17, 15) is 9.59 Å². The van der Waals surface area contributed by atoms with E-state index < -0.39 is 0 Å². The lowest BCUT2D eigenvalue weighted by atomic mass is 9.85. The highest BCUT2D eigenvalue weighted by molar-refractivity contribution is 5.83. The smallest absolute Gasteiger partial charge is 0.290 e.